The fraction of sp³-hybridized carbons (Fsp3) is 0.471. The van der Waals surface area contributed by atoms with Crippen molar-refractivity contribution in [1.82, 2.24) is 0 Å². The van der Waals surface area contributed by atoms with E-state index >= 15 is 0 Å². The average Bonchev–Trinajstić information content (AvgIpc) is 3.49. The second kappa shape index (κ2) is 28.2. The fourth-order valence-corrected chi connectivity index (χ4v) is 11.3. The van der Waals surface area contributed by atoms with Crippen molar-refractivity contribution in [3.8, 4) is 23.0 Å². The van der Waals surface area contributed by atoms with Gasteiger partial charge in [0.15, 0.2) is 0 Å². The minimum absolute atomic E-state index is 0.0996. The maximum absolute atomic E-state index is 6.25. The van der Waals surface area contributed by atoms with Crippen LogP contribution in [-0.2, 0) is 24.4 Å². The number of rotatable bonds is 32. The average molecular weight is 1060 g/mol. The van der Waals surface area contributed by atoms with Crippen molar-refractivity contribution in [2.75, 3.05) is 90.1 Å². The van der Waals surface area contributed by atoms with Crippen LogP contribution in [0.2, 0.25) is 0 Å². The fourth-order valence-electron chi connectivity index (χ4n) is 11.3. The molecule has 9 rings (SSSR count). The molecule has 6 aromatic rings. The van der Waals surface area contributed by atoms with Gasteiger partial charge in [-0.05, 0) is 197 Å². The van der Waals surface area contributed by atoms with Crippen LogP contribution in [0.5, 0.6) is 23.0 Å². The van der Waals surface area contributed by atoms with E-state index in [0.717, 1.165) is 187 Å². The minimum atomic E-state index is -0.0996. The summed E-state index contributed by atoms with van der Waals surface area (Å²) in [7, 11) is 3.42. The number of benzene rings is 6. The van der Waals surface area contributed by atoms with E-state index in [1.165, 1.54) is 30.4 Å². The van der Waals surface area contributed by atoms with Gasteiger partial charge in [0.2, 0.25) is 0 Å². The molecule has 3 aliphatic rings. The lowest BCUT2D eigenvalue weighted by Crippen LogP contribution is -2.45. The van der Waals surface area contributed by atoms with Gasteiger partial charge in [-0.25, -0.2) is 0 Å². The molecule has 0 aromatic heterocycles. The predicted molar refractivity (Wildman–Crippen MR) is 316 cm³/mol. The van der Waals surface area contributed by atoms with Crippen molar-refractivity contribution in [3.63, 3.8) is 0 Å². The van der Waals surface area contributed by atoms with Crippen molar-refractivity contribution in [3.05, 3.63) is 157 Å². The summed E-state index contributed by atoms with van der Waals surface area (Å²) in [4.78, 5) is 4.64. The van der Waals surface area contributed by atoms with Gasteiger partial charge in [-0.1, -0.05) is 70.2 Å². The van der Waals surface area contributed by atoms with Gasteiger partial charge in [0.05, 0.1) is 67.1 Å². The van der Waals surface area contributed by atoms with Gasteiger partial charge in [-0.15, -0.1) is 0 Å². The molecule has 416 valence electrons. The Bertz CT molecular complexity index is 2470. The van der Waals surface area contributed by atoms with Crippen molar-refractivity contribution in [2.45, 2.75) is 116 Å². The minimum Gasteiger partial charge on any atom is -0.497 e. The van der Waals surface area contributed by atoms with Crippen LogP contribution in [-0.4, -0.2) is 80.3 Å². The van der Waals surface area contributed by atoms with E-state index < -0.39 is 0 Å². The molecule has 10 heteroatoms. The maximum Gasteiger partial charge on any atom is 0.119 e. The summed E-state index contributed by atoms with van der Waals surface area (Å²) in [6.07, 6.45) is 16.8. The predicted octanol–water partition coefficient (Wildman–Crippen LogP) is 16.7. The normalized spacial score (nSPS) is 16.1. The maximum atomic E-state index is 6.25. The van der Waals surface area contributed by atoms with E-state index in [0.29, 0.717) is 13.2 Å². The number of anilines is 6. The third kappa shape index (κ3) is 14.4. The first-order chi connectivity index (χ1) is 38.4. The first kappa shape index (κ1) is 56.7. The number of nitrogens with zero attached hydrogens (tertiary/aromatic N) is 2. The van der Waals surface area contributed by atoms with Crippen molar-refractivity contribution >= 4 is 34.1 Å². The van der Waals surface area contributed by atoms with Crippen LogP contribution in [0, 0.1) is 10.8 Å². The van der Waals surface area contributed by atoms with Gasteiger partial charge >= 0.3 is 0 Å². The number of unbranched alkanes of at least 4 members (excludes halogenated alkanes) is 6. The first-order valence-electron chi connectivity index (χ1n) is 29.2. The van der Waals surface area contributed by atoms with Crippen molar-refractivity contribution in [2.24, 2.45) is 10.8 Å². The zero-order chi connectivity index (χ0) is 53.9. The standard InChI is InChI=1S/C68H86N2O8/c1-5-66(50-75-51-66)48-73-44-14-7-9-16-46-77-64-38-30-60(31-39-64)69(58-26-34-62(71-3)35-27-58)56-22-18-54(19-23-56)68(42-12-11-13-43-68)55-20-24-57(25-21-55)70(59-28-36-63(72-4)37-29-59)61-32-40-65(41-33-61)78-47-17-10-8-15-45-74-49-67(6-2)52-76-53-67/h18-41H,5-17,42-53H2,1-4H3. The van der Waals surface area contributed by atoms with Gasteiger partial charge in [0, 0.05) is 63.6 Å². The lowest BCUT2D eigenvalue weighted by atomic mass is 9.65. The Morgan fingerprint density at radius 3 is 0.974 bits per heavy atom. The molecule has 0 amide bonds. The zero-order valence-electron chi connectivity index (χ0n) is 47.2. The number of ether oxygens (including phenoxy) is 8. The Kier molecular flexibility index (Phi) is 20.5. The van der Waals surface area contributed by atoms with Gasteiger partial charge in [-0.3, -0.25) is 0 Å². The van der Waals surface area contributed by atoms with Gasteiger partial charge < -0.3 is 47.7 Å². The molecule has 0 atom stereocenters. The summed E-state index contributed by atoms with van der Waals surface area (Å²) in [5.41, 5.74) is 9.56. The van der Waals surface area contributed by atoms with Crippen LogP contribution >= 0.6 is 0 Å². The third-order valence-corrected chi connectivity index (χ3v) is 16.8. The SMILES string of the molecule is CCC1(COCCCCCCOc2ccc(N(c3ccc(OC)cc3)c3ccc(C4(c5ccc(N(c6ccc(OC)cc6)c6ccc(OCCCCCCOCC7(CC)COC7)cc6)cc5)CCCCC4)cc3)cc2)COC1. The highest BCUT2D eigenvalue weighted by Crippen LogP contribution is 2.47. The largest absolute Gasteiger partial charge is 0.497 e. The van der Waals surface area contributed by atoms with Gasteiger partial charge in [0.25, 0.3) is 0 Å². The van der Waals surface area contributed by atoms with Crippen LogP contribution in [0.4, 0.5) is 34.1 Å². The molecule has 0 radical (unpaired) electrons. The summed E-state index contributed by atoms with van der Waals surface area (Å²) in [5.74, 6) is 3.42. The summed E-state index contributed by atoms with van der Waals surface area (Å²) >= 11 is 0. The smallest absolute Gasteiger partial charge is 0.119 e. The summed E-state index contributed by atoms with van der Waals surface area (Å²) in [6, 6.07) is 52.4. The highest BCUT2D eigenvalue weighted by Gasteiger charge is 2.38. The summed E-state index contributed by atoms with van der Waals surface area (Å²) in [5, 5.41) is 0. The molecule has 3 fully saturated rings. The van der Waals surface area contributed by atoms with Gasteiger partial charge in [-0.2, -0.15) is 0 Å². The second-order valence-corrected chi connectivity index (χ2v) is 22.1. The molecule has 2 heterocycles. The van der Waals surface area contributed by atoms with Crippen LogP contribution < -0.4 is 28.7 Å². The molecule has 0 bridgehead atoms. The molecule has 1 saturated carbocycles. The van der Waals surface area contributed by atoms with E-state index in [1.807, 2.05) is 24.3 Å². The molecule has 0 unspecified atom stereocenters. The topological polar surface area (TPSA) is 80.3 Å². The lowest BCUT2D eigenvalue weighted by molar-refractivity contribution is -0.150. The van der Waals surface area contributed by atoms with E-state index in [4.69, 9.17) is 37.9 Å². The molecular weight excluding hydrogens is 973 g/mol. The Labute approximate surface area is 466 Å². The van der Waals surface area contributed by atoms with E-state index in [9.17, 15) is 0 Å². The summed E-state index contributed by atoms with van der Waals surface area (Å²) < 4.78 is 46.5. The zero-order valence-corrected chi connectivity index (χ0v) is 47.2. The monoisotopic (exact) mass is 1060 g/mol. The molecule has 0 spiro atoms. The molecule has 1 aliphatic carbocycles. The number of methoxy groups -OCH3 is 2. The Morgan fingerprint density at radius 1 is 0.372 bits per heavy atom. The van der Waals surface area contributed by atoms with E-state index in [2.05, 4.69) is 145 Å². The Hall–Kier alpha value is -6.04. The van der Waals surface area contributed by atoms with Crippen molar-refractivity contribution < 1.29 is 37.9 Å². The second-order valence-electron chi connectivity index (χ2n) is 22.1. The van der Waals surface area contributed by atoms with Crippen LogP contribution in [0.1, 0.15) is 121 Å². The number of hydrogen-bond donors (Lipinski definition) is 0. The molecule has 2 aliphatic heterocycles. The highest BCUT2D eigenvalue weighted by molar-refractivity contribution is 5.79. The van der Waals surface area contributed by atoms with Gasteiger partial charge in [0.1, 0.15) is 23.0 Å². The molecule has 2 saturated heterocycles. The number of hydrogen-bond acceptors (Lipinski definition) is 10. The molecule has 78 heavy (non-hydrogen) atoms. The first-order valence-corrected chi connectivity index (χ1v) is 29.2. The molecular formula is C68H86N2O8. The van der Waals surface area contributed by atoms with E-state index in [1.54, 1.807) is 14.2 Å². The molecule has 10 nitrogen and oxygen atoms in total. The lowest BCUT2D eigenvalue weighted by Gasteiger charge is -2.40. The van der Waals surface area contributed by atoms with Crippen LogP contribution in [0.3, 0.4) is 0 Å². The van der Waals surface area contributed by atoms with Crippen LogP contribution in [0.25, 0.3) is 0 Å². The van der Waals surface area contributed by atoms with E-state index in [-0.39, 0.29) is 16.2 Å². The third-order valence-electron chi connectivity index (χ3n) is 16.8. The molecule has 6 aromatic carbocycles. The van der Waals surface area contributed by atoms with Crippen molar-refractivity contribution in [1.29, 1.82) is 0 Å². The quantitative estimate of drug-likeness (QED) is 0.0381. The Morgan fingerprint density at radius 2 is 0.679 bits per heavy atom. The van der Waals surface area contributed by atoms with Crippen LogP contribution in [0.15, 0.2) is 146 Å². The molecule has 0 N–H and O–H groups in total. The summed E-state index contributed by atoms with van der Waals surface area (Å²) in [6.45, 7) is 12.5. The Balaban J connectivity index is 0.845. The highest BCUT2D eigenvalue weighted by atomic mass is 16.5.